The lowest BCUT2D eigenvalue weighted by atomic mass is 9.80. The van der Waals surface area contributed by atoms with Gasteiger partial charge in [-0.2, -0.15) is 0 Å². The molecule has 1 aliphatic carbocycles. The van der Waals surface area contributed by atoms with E-state index < -0.39 is 0 Å². The highest BCUT2D eigenvalue weighted by molar-refractivity contribution is 4.79. The molecule has 0 N–H and O–H groups in total. The molecule has 1 heteroatoms. The molecular formula is C10H18N. The summed E-state index contributed by atoms with van der Waals surface area (Å²) in [6.45, 7) is 2.34. The first-order chi connectivity index (χ1) is 5.47. The summed E-state index contributed by atoms with van der Waals surface area (Å²) >= 11 is 0. The Kier molecular flexibility index (Phi) is 2.47. The van der Waals surface area contributed by atoms with E-state index in [0.29, 0.717) is 0 Å². The quantitative estimate of drug-likeness (QED) is 0.547. The van der Waals surface area contributed by atoms with Crippen molar-refractivity contribution >= 4 is 0 Å². The summed E-state index contributed by atoms with van der Waals surface area (Å²) in [5.41, 5.74) is 0. The maximum absolute atomic E-state index is 4.44. The van der Waals surface area contributed by atoms with E-state index in [0.717, 1.165) is 18.4 Å². The normalized spacial score (nSPS) is 34.4. The smallest absolute Gasteiger partial charge is 0.0164 e. The standard InChI is InChI=1S/C10H18N/c1-2-4-9(5-3-1)10-6-7-11-8-10/h9-10H,1-8H2. The summed E-state index contributed by atoms with van der Waals surface area (Å²) in [5.74, 6) is 2.03. The van der Waals surface area contributed by atoms with Crippen LogP contribution in [0.4, 0.5) is 0 Å². The monoisotopic (exact) mass is 152 g/mol. The Bertz CT molecular complexity index is 110. The van der Waals surface area contributed by atoms with Crippen molar-refractivity contribution in [3.63, 3.8) is 0 Å². The van der Waals surface area contributed by atoms with Gasteiger partial charge < -0.3 is 0 Å². The predicted octanol–water partition coefficient (Wildman–Crippen LogP) is 2.19. The van der Waals surface area contributed by atoms with Crippen molar-refractivity contribution in [2.24, 2.45) is 11.8 Å². The predicted molar refractivity (Wildman–Crippen MR) is 46.6 cm³/mol. The van der Waals surface area contributed by atoms with Gasteiger partial charge in [0.05, 0.1) is 0 Å². The zero-order chi connectivity index (χ0) is 7.52. The fourth-order valence-corrected chi connectivity index (χ4v) is 2.60. The van der Waals surface area contributed by atoms with Crippen molar-refractivity contribution in [3.05, 3.63) is 0 Å². The average Bonchev–Trinajstić information content (AvgIpc) is 2.58. The van der Waals surface area contributed by atoms with E-state index >= 15 is 0 Å². The summed E-state index contributed by atoms with van der Waals surface area (Å²) < 4.78 is 0. The highest BCUT2D eigenvalue weighted by atomic mass is 14.9. The topological polar surface area (TPSA) is 14.1 Å². The van der Waals surface area contributed by atoms with E-state index in [2.05, 4.69) is 5.32 Å². The van der Waals surface area contributed by atoms with Crippen LogP contribution in [0.5, 0.6) is 0 Å². The van der Waals surface area contributed by atoms with Gasteiger partial charge in [-0.25, -0.2) is 5.32 Å². The molecule has 63 valence electrons. The molecule has 1 atom stereocenters. The van der Waals surface area contributed by atoms with Crippen LogP contribution >= 0.6 is 0 Å². The molecule has 2 rings (SSSR count). The van der Waals surface area contributed by atoms with Gasteiger partial charge in [0, 0.05) is 13.1 Å². The van der Waals surface area contributed by atoms with Gasteiger partial charge in [-0.05, 0) is 18.3 Å². The molecule has 0 aromatic rings. The lowest BCUT2D eigenvalue weighted by molar-refractivity contribution is 0.263. The van der Waals surface area contributed by atoms with Crippen molar-refractivity contribution in [1.82, 2.24) is 5.32 Å². The van der Waals surface area contributed by atoms with Crippen molar-refractivity contribution in [2.45, 2.75) is 38.5 Å². The van der Waals surface area contributed by atoms with Gasteiger partial charge in [-0.3, -0.25) is 0 Å². The van der Waals surface area contributed by atoms with Gasteiger partial charge in [-0.1, -0.05) is 32.1 Å². The van der Waals surface area contributed by atoms with Crippen molar-refractivity contribution in [3.8, 4) is 0 Å². The molecule has 2 fully saturated rings. The SMILES string of the molecule is C1CCC(C2CC[N]C2)CC1. The Morgan fingerprint density at radius 3 is 2.27 bits per heavy atom. The van der Waals surface area contributed by atoms with E-state index in [-0.39, 0.29) is 0 Å². The van der Waals surface area contributed by atoms with E-state index in [9.17, 15) is 0 Å². The van der Waals surface area contributed by atoms with Gasteiger partial charge in [0.1, 0.15) is 0 Å². The van der Waals surface area contributed by atoms with E-state index in [1.54, 1.807) is 0 Å². The van der Waals surface area contributed by atoms with Crippen LogP contribution in [0, 0.1) is 11.8 Å². The maximum Gasteiger partial charge on any atom is 0.0164 e. The van der Waals surface area contributed by atoms with E-state index in [4.69, 9.17) is 0 Å². The minimum atomic E-state index is 0.982. The first-order valence-electron chi connectivity index (χ1n) is 5.10. The molecule has 1 nitrogen and oxygen atoms in total. The van der Waals surface area contributed by atoms with Gasteiger partial charge in [0.2, 0.25) is 0 Å². The molecule has 0 aromatic carbocycles. The number of rotatable bonds is 1. The van der Waals surface area contributed by atoms with Crippen molar-refractivity contribution < 1.29 is 0 Å². The fraction of sp³-hybridized carbons (Fsp3) is 1.00. The van der Waals surface area contributed by atoms with Crippen LogP contribution in [-0.2, 0) is 0 Å². The van der Waals surface area contributed by atoms with Crippen LogP contribution < -0.4 is 5.32 Å². The van der Waals surface area contributed by atoms with E-state index in [1.165, 1.54) is 45.1 Å². The third-order valence-electron chi connectivity index (χ3n) is 3.34. The van der Waals surface area contributed by atoms with E-state index in [1.807, 2.05) is 0 Å². The molecule has 1 radical (unpaired) electrons. The molecule has 1 saturated heterocycles. The number of hydrogen-bond donors (Lipinski definition) is 0. The van der Waals surface area contributed by atoms with Crippen LogP contribution in [0.15, 0.2) is 0 Å². The van der Waals surface area contributed by atoms with Gasteiger partial charge in [0.15, 0.2) is 0 Å². The lowest BCUT2D eigenvalue weighted by Gasteiger charge is -2.26. The fourth-order valence-electron chi connectivity index (χ4n) is 2.60. The average molecular weight is 152 g/mol. The second-order valence-corrected chi connectivity index (χ2v) is 4.08. The van der Waals surface area contributed by atoms with Gasteiger partial charge in [-0.15, -0.1) is 0 Å². The largest absolute Gasteiger partial charge is 0.241 e. The summed E-state index contributed by atoms with van der Waals surface area (Å²) in [6, 6.07) is 0. The minimum Gasteiger partial charge on any atom is -0.241 e. The third kappa shape index (κ3) is 1.76. The zero-order valence-electron chi connectivity index (χ0n) is 7.26. The molecule has 0 aromatic heterocycles. The molecule has 2 aliphatic rings. The second kappa shape index (κ2) is 3.57. The first kappa shape index (κ1) is 7.60. The molecule has 1 saturated carbocycles. The highest BCUT2D eigenvalue weighted by Crippen LogP contribution is 2.32. The minimum absolute atomic E-state index is 0.982. The molecule has 1 aliphatic heterocycles. The van der Waals surface area contributed by atoms with Gasteiger partial charge in [0.25, 0.3) is 0 Å². The Morgan fingerprint density at radius 2 is 1.64 bits per heavy atom. The van der Waals surface area contributed by atoms with Crippen LogP contribution in [0.25, 0.3) is 0 Å². The Morgan fingerprint density at radius 1 is 0.818 bits per heavy atom. The first-order valence-corrected chi connectivity index (χ1v) is 5.10. The Labute approximate surface area is 69.6 Å². The van der Waals surface area contributed by atoms with Crippen molar-refractivity contribution in [1.29, 1.82) is 0 Å². The summed E-state index contributed by atoms with van der Waals surface area (Å²) in [6.07, 6.45) is 8.85. The summed E-state index contributed by atoms with van der Waals surface area (Å²) in [5, 5.41) is 4.44. The zero-order valence-corrected chi connectivity index (χ0v) is 7.26. The summed E-state index contributed by atoms with van der Waals surface area (Å²) in [4.78, 5) is 0. The maximum atomic E-state index is 4.44. The number of hydrogen-bond acceptors (Lipinski definition) is 0. The van der Waals surface area contributed by atoms with Crippen LogP contribution in [-0.4, -0.2) is 13.1 Å². The molecule has 0 bridgehead atoms. The molecular weight excluding hydrogens is 134 g/mol. The molecule has 0 spiro atoms. The van der Waals surface area contributed by atoms with Gasteiger partial charge >= 0.3 is 0 Å². The molecule has 1 heterocycles. The molecule has 0 amide bonds. The van der Waals surface area contributed by atoms with Crippen molar-refractivity contribution in [2.75, 3.05) is 13.1 Å². The van der Waals surface area contributed by atoms with Crippen LogP contribution in [0.3, 0.4) is 0 Å². The molecule has 11 heavy (non-hydrogen) atoms. The Hall–Kier alpha value is -0.0400. The van der Waals surface area contributed by atoms with Crippen LogP contribution in [0.2, 0.25) is 0 Å². The molecule has 1 unspecified atom stereocenters. The third-order valence-corrected chi connectivity index (χ3v) is 3.34. The summed E-state index contributed by atoms with van der Waals surface area (Å²) in [7, 11) is 0. The second-order valence-electron chi connectivity index (χ2n) is 4.08. The number of nitrogens with zero attached hydrogens (tertiary/aromatic N) is 1. The van der Waals surface area contributed by atoms with Crippen LogP contribution in [0.1, 0.15) is 38.5 Å². The lowest BCUT2D eigenvalue weighted by Crippen LogP contribution is -2.18. The highest BCUT2D eigenvalue weighted by Gasteiger charge is 2.26. The Balaban J connectivity index is 1.82.